The highest BCUT2D eigenvalue weighted by atomic mass is 16.5. The van der Waals surface area contributed by atoms with Crippen LogP contribution in [-0.4, -0.2) is 19.7 Å². The van der Waals surface area contributed by atoms with Gasteiger partial charge in [0.25, 0.3) is 0 Å². The third-order valence-electron chi connectivity index (χ3n) is 1.89. The van der Waals surface area contributed by atoms with Crippen molar-refractivity contribution in [1.29, 1.82) is 0 Å². The first kappa shape index (κ1) is 9.45. The molecule has 0 unspecified atom stereocenters. The van der Waals surface area contributed by atoms with Gasteiger partial charge in [-0.15, -0.1) is 5.10 Å². The first-order chi connectivity index (χ1) is 7.15. The Balaban J connectivity index is 2.21. The molecule has 0 aliphatic rings. The monoisotopic (exact) mass is 205 g/mol. The van der Waals surface area contributed by atoms with Crippen LogP contribution in [0, 0.1) is 6.92 Å². The van der Waals surface area contributed by atoms with Crippen LogP contribution in [-0.2, 0) is 7.05 Å². The molecule has 0 fully saturated rings. The molecule has 0 atom stereocenters. The molecule has 0 aliphatic heterocycles. The van der Waals surface area contributed by atoms with E-state index in [4.69, 9.17) is 10.5 Å². The number of aromatic nitrogens is 4. The lowest BCUT2D eigenvalue weighted by molar-refractivity contribution is 0.422. The minimum absolute atomic E-state index is 0.258. The van der Waals surface area contributed by atoms with E-state index >= 15 is 0 Å². The average molecular weight is 205 g/mol. The first-order valence-electron chi connectivity index (χ1n) is 4.41. The van der Waals surface area contributed by atoms with Crippen molar-refractivity contribution < 1.29 is 4.74 Å². The molecular formula is C9H11N5O. The van der Waals surface area contributed by atoms with Crippen molar-refractivity contribution >= 4 is 5.69 Å². The second-order valence-electron chi connectivity index (χ2n) is 3.18. The molecule has 2 aromatic rings. The quantitative estimate of drug-likeness (QED) is 0.787. The molecule has 0 bridgehead atoms. The Morgan fingerprint density at radius 1 is 1.40 bits per heavy atom. The number of ether oxygens (including phenoxy) is 1. The second-order valence-corrected chi connectivity index (χ2v) is 3.18. The Hall–Kier alpha value is -2.11. The molecule has 0 saturated carbocycles. The van der Waals surface area contributed by atoms with Gasteiger partial charge >= 0.3 is 6.01 Å². The van der Waals surface area contributed by atoms with Gasteiger partial charge in [-0.1, -0.05) is 0 Å². The van der Waals surface area contributed by atoms with Crippen molar-refractivity contribution in [3.63, 3.8) is 0 Å². The van der Waals surface area contributed by atoms with Crippen molar-refractivity contribution in [2.45, 2.75) is 6.92 Å². The number of anilines is 1. The molecule has 78 valence electrons. The fourth-order valence-corrected chi connectivity index (χ4v) is 1.03. The standard InChI is InChI=1S/C9H11N5O/c1-6-4-11-8(3-7(6)10)15-9-12-5-14(2)13-9/h3-5H,1-2H3,(H2,10,11). The number of pyridine rings is 1. The van der Waals surface area contributed by atoms with E-state index in [2.05, 4.69) is 15.1 Å². The highest BCUT2D eigenvalue weighted by Gasteiger charge is 2.04. The van der Waals surface area contributed by atoms with Gasteiger partial charge in [-0.05, 0) is 12.5 Å². The summed E-state index contributed by atoms with van der Waals surface area (Å²) in [5, 5.41) is 3.96. The number of nitrogens with two attached hydrogens (primary N) is 1. The lowest BCUT2D eigenvalue weighted by atomic mass is 10.3. The molecule has 0 spiro atoms. The molecular weight excluding hydrogens is 194 g/mol. The Morgan fingerprint density at radius 2 is 2.20 bits per heavy atom. The van der Waals surface area contributed by atoms with E-state index < -0.39 is 0 Å². The highest BCUT2D eigenvalue weighted by molar-refractivity contribution is 5.47. The third-order valence-corrected chi connectivity index (χ3v) is 1.89. The van der Waals surface area contributed by atoms with Crippen LogP contribution in [0.5, 0.6) is 11.9 Å². The Labute approximate surface area is 86.7 Å². The summed E-state index contributed by atoms with van der Waals surface area (Å²) >= 11 is 0. The van der Waals surface area contributed by atoms with Gasteiger partial charge in [-0.25, -0.2) is 4.98 Å². The van der Waals surface area contributed by atoms with Gasteiger partial charge in [0.05, 0.1) is 0 Å². The smallest absolute Gasteiger partial charge is 0.342 e. The normalized spacial score (nSPS) is 10.3. The lowest BCUT2D eigenvalue weighted by Gasteiger charge is -2.02. The van der Waals surface area contributed by atoms with Gasteiger partial charge in [0, 0.05) is 25.0 Å². The zero-order valence-electron chi connectivity index (χ0n) is 8.51. The van der Waals surface area contributed by atoms with Gasteiger partial charge in [0.15, 0.2) is 0 Å². The van der Waals surface area contributed by atoms with Crippen molar-refractivity contribution in [2.75, 3.05) is 5.73 Å². The van der Waals surface area contributed by atoms with E-state index in [1.807, 2.05) is 6.92 Å². The van der Waals surface area contributed by atoms with Crippen LogP contribution in [0.3, 0.4) is 0 Å². The fourth-order valence-electron chi connectivity index (χ4n) is 1.03. The van der Waals surface area contributed by atoms with Crippen molar-refractivity contribution in [3.8, 4) is 11.9 Å². The summed E-state index contributed by atoms with van der Waals surface area (Å²) in [5.74, 6) is 0.393. The molecule has 6 heteroatoms. The summed E-state index contributed by atoms with van der Waals surface area (Å²) in [6.07, 6.45) is 3.19. The van der Waals surface area contributed by atoms with Crippen LogP contribution >= 0.6 is 0 Å². The van der Waals surface area contributed by atoms with Gasteiger partial charge in [0.2, 0.25) is 5.88 Å². The molecule has 2 aromatic heterocycles. The number of nitrogen functional groups attached to an aromatic ring is 1. The van der Waals surface area contributed by atoms with Crippen molar-refractivity contribution in [1.82, 2.24) is 19.7 Å². The average Bonchev–Trinajstić information content (AvgIpc) is 2.58. The molecule has 2 rings (SSSR count). The van der Waals surface area contributed by atoms with Gasteiger partial charge < -0.3 is 10.5 Å². The molecule has 2 N–H and O–H groups in total. The maximum Gasteiger partial charge on any atom is 0.342 e. The van der Waals surface area contributed by atoms with Gasteiger partial charge in [-0.3, -0.25) is 4.68 Å². The van der Waals surface area contributed by atoms with Crippen LogP contribution < -0.4 is 10.5 Å². The Kier molecular flexibility index (Phi) is 2.24. The number of rotatable bonds is 2. The highest BCUT2D eigenvalue weighted by Crippen LogP contribution is 2.19. The minimum Gasteiger partial charge on any atom is -0.404 e. The largest absolute Gasteiger partial charge is 0.404 e. The molecule has 0 radical (unpaired) electrons. The number of hydrogen-bond donors (Lipinski definition) is 1. The van der Waals surface area contributed by atoms with Crippen LogP contribution in [0.2, 0.25) is 0 Å². The van der Waals surface area contributed by atoms with Crippen molar-refractivity contribution in [2.24, 2.45) is 7.05 Å². The maximum absolute atomic E-state index is 5.71. The topological polar surface area (TPSA) is 78.9 Å². The molecule has 15 heavy (non-hydrogen) atoms. The van der Waals surface area contributed by atoms with E-state index in [0.29, 0.717) is 11.6 Å². The molecule has 0 aromatic carbocycles. The summed E-state index contributed by atoms with van der Waals surface area (Å²) in [6, 6.07) is 1.90. The molecule has 6 nitrogen and oxygen atoms in total. The van der Waals surface area contributed by atoms with Gasteiger partial charge in [0.1, 0.15) is 6.33 Å². The van der Waals surface area contributed by atoms with Crippen LogP contribution in [0.25, 0.3) is 0 Å². The van der Waals surface area contributed by atoms with Gasteiger partial charge in [-0.2, -0.15) is 4.98 Å². The number of hydrogen-bond acceptors (Lipinski definition) is 5. The zero-order chi connectivity index (χ0) is 10.8. The van der Waals surface area contributed by atoms with E-state index in [9.17, 15) is 0 Å². The SMILES string of the molecule is Cc1cnc(Oc2ncn(C)n2)cc1N. The van der Waals surface area contributed by atoms with Crippen LogP contribution in [0.4, 0.5) is 5.69 Å². The molecule has 0 amide bonds. The van der Waals surface area contributed by atoms with Crippen molar-refractivity contribution in [3.05, 3.63) is 24.2 Å². The molecule has 2 heterocycles. The maximum atomic E-state index is 5.71. The van der Waals surface area contributed by atoms with E-state index in [-0.39, 0.29) is 6.01 Å². The van der Waals surface area contributed by atoms with E-state index in [1.165, 1.54) is 0 Å². The number of aryl methyl sites for hydroxylation is 2. The van der Waals surface area contributed by atoms with E-state index in [1.54, 1.807) is 30.3 Å². The summed E-state index contributed by atoms with van der Waals surface area (Å²) in [6.45, 7) is 1.88. The summed E-state index contributed by atoms with van der Waals surface area (Å²) < 4.78 is 6.85. The van der Waals surface area contributed by atoms with Crippen LogP contribution in [0.1, 0.15) is 5.56 Å². The second kappa shape index (κ2) is 3.56. The minimum atomic E-state index is 0.258. The zero-order valence-corrected chi connectivity index (χ0v) is 8.51. The Bertz CT molecular complexity index is 479. The predicted octanol–water partition coefficient (Wildman–Crippen LogP) is 0.893. The third kappa shape index (κ3) is 2.04. The molecule has 0 saturated heterocycles. The summed E-state index contributed by atoms with van der Waals surface area (Å²) in [5.41, 5.74) is 7.26. The summed E-state index contributed by atoms with van der Waals surface area (Å²) in [4.78, 5) is 7.96. The predicted molar refractivity (Wildman–Crippen MR) is 54.5 cm³/mol. The lowest BCUT2D eigenvalue weighted by Crippen LogP contribution is -1.95. The first-order valence-corrected chi connectivity index (χ1v) is 4.41. The van der Waals surface area contributed by atoms with Crippen LogP contribution in [0.15, 0.2) is 18.6 Å². The fraction of sp³-hybridized carbons (Fsp3) is 0.222. The Morgan fingerprint density at radius 3 is 2.80 bits per heavy atom. The van der Waals surface area contributed by atoms with E-state index in [0.717, 1.165) is 5.56 Å². The molecule has 0 aliphatic carbocycles. The number of nitrogens with zero attached hydrogens (tertiary/aromatic N) is 4. The summed E-state index contributed by atoms with van der Waals surface area (Å²) in [7, 11) is 1.76.